The van der Waals surface area contributed by atoms with Crippen LogP contribution >= 0.6 is 11.8 Å². The Bertz CT molecular complexity index is 821. The van der Waals surface area contributed by atoms with Crippen molar-refractivity contribution in [3.63, 3.8) is 0 Å². The number of pyridine rings is 1. The number of thioether (sulfide) groups is 1. The van der Waals surface area contributed by atoms with Crippen molar-refractivity contribution in [1.82, 2.24) is 15.2 Å². The van der Waals surface area contributed by atoms with E-state index in [1.54, 1.807) is 30.1 Å². The number of nitrogens with two attached hydrogens (primary N) is 1. The molecule has 6 nitrogen and oxygen atoms in total. The molecule has 2 fully saturated rings. The van der Waals surface area contributed by atoms with Crippen LogP contribution in [0.3, 0.4) is 0 Å². The Morgan fingerprint density at radius 2 is 2.06 bits per heavy atom. The highest BCUT2D eigenvalue weighted by molar-refractivity contribution is 8.14. The van der Waals surface area contributed by atoms with Crippen molar-refractivity contribution < 1.29 is 4.79 Å². The van der Waals surface area contributed by atoms with Crippen LogP contribution in [0.15, 0.2) is 35.5 Å². The molecule has 4 rings (SSSR count). The van der Waals surface area contributed by atoms with Crippen LogP contribution in [0, 0.1) is 5.92 Å². The Hall–Kier alpha value is -1.86. The summed E-state index contributed by atoms with van der Waals surface area (Å²) in [4.78, 5) is 23.9. The van der Waals surface area contributed by atoms with E-state index in [2.05, 4.69) is 27.1 Å². The minimum Gasteiger partial charge on any atom is -0.379 e. The highest BCUT2D eigenvalue weighted by Crippen LogP contribution is 2.38. The topological polar surface area (TPSA) is 83.6 Å². The van der Waals surface area contributed by atoms with Gasteiger partial charge in [-0.05, 0) is 95.0 Å². The lowest BCUT2D eigenvalue weighted by Crippen LogP contribution is -2.44. The number of nitrogens with zero attached hydrogens (tertiary/aromatic N) is 3. The van der Waals surface area contributed by atoms with E-state index in [1.807, 2.05) is 18.2 Å². The van der Waals surface area contributed by atoms with Gasteiger partial charge in [0.2, 0.25) is 5.91 Å². The van der Waals surface area contributed by atoms with Crippen LogP contribution in [0.1, 0.15) is 70.4 Å². The maximum Gasteiger partial charge on any atom is 0.244 e. The van der Waals surface area contributed by atoms with Crippen molar-refractivity contribution in [3.8, 4) is 0 Å². The van der Waals surface area contributed by atoms with Crippen molar-refractivity contribution >= 4 is 28.9 Å². The summed E-state index contributed by atoms with van der Waals surface area (Å²) in [6.45, 7) is 4.68. The molecule has 3 atom stereocenters. The average Bonchev–Trinajstić information content (AvgIpc) is 3.21. The van der Waals surface area contributed by atoms with Gasteiger partial charge in [0.15, 0.2) is 5.17 Å². The molecule has 1 aromatic heterocycles. The largest absolute Gasteiger partial charge is 0.379 e. The van der Waals surface area contributed by atoms with Gasteiger partial charge in [-0.25, -0.2) is 0 Å². The highest BCUT2D eigenvalue weighted by atomic mass is 32.2. The average molecular weight is 470 g/mol. The zero-order valence-electron chi connectivity index (χ0n) is 19.9. The number of amides is 1. The second kappa shape index (κ2) is 12.0. The summed E-state index contributed by atoms with van der Waals surface area (Å²) in [6, 6.07) is 7.14. The number of fused-ring (bicyclic) bond motifs is 1. The van der Waals surface area contributed by atoms with Gasteiger partial charge in [-0.3, -0.25) is 14.8 Å². The smallest absolute Gasteiger partial charge is 0.244 e. The first-order valence-electron chi connectivity index (χ1n) is 12.7. The molecule has 3 aliphatic rings. The molecule has 2 unspecified atom stereocenters. The van der Waals surface area contributed by atoms with Gasteiger partial charge in [-0.15, -0.1) is 0 Å². The highest BCUT2D eigenvalue weighted by Gasteiger charge is 2.37. The molecule has 1 amide bonds. The fraction of sp³-hybridized carbons (Fsp3) is 0.654. The van der Waals surface area contributed by atoms with Gasteiger partial charge in [0.1, 0.15) is 0 Å². The zero-order valence-corrected chi connectivity index (χ0v) is 20.7. The fourth-order valence-electron chi connectivity index (χ4n) is 5.64. The van der Waals surface area contributed by atoms with Crippen LogP contribution in [0.25, 0.3) is 6.08 Å². The van der Waals surface area contributed by atoms with Crippen LogP contribution in [0.5, 0.6) is 0 Å². The molecule has 0 aromatic carbocycles. The van der Waals surface area contributed by atoms with E-state index < -0.39 is 0 Å². The number of carbonyl (C=O) groups is 1. The van der Waals surface area contributed by atoms with Crippen molar-refractivity contribution in [2.24, 2.45) is 16.6 Å². The molecular formula is C26H39N5OS. The van der Waals surface area contributed by atoms with Crippen molar-refractivity contribution in [2.45, 2.75) is 88.1 Å². The SMILES string of the molecule is CCCN(CCC1CCC(NC(=O)/C=C/c2ccccn2)CC1)[C@H]1CCC2N=C(N)SC2C1. The number of aromatic nitrogens is 1. The molecule has 2 heterocycles. The Kier molecular flexibility index (Phi) is 8.84. The molecule has 1 aliphatic heterocycles. The minimum absolute atomic E-state index is 0.0109. The second-order valence-corrected chi connectivity index (χ2v) is 11.1. The Morgan fingerprint density at radius 3 is 2.82 bits per heavy atom. The second-order valence-electron chi connectivity index (χ2n) is 9.80. The summed E-state index contributed by atoms with van der Waals surface area (Å²) in [7, 11) is 0. The molecule has 1 aromatic rings. The zero-order chi connectivity index (χ0) is 23.0. The lowest BCUT2D eigenvalue weighted by Gasteiger charge is -2.39. The standard InChI is InChI=1S/C26H39N5OS/c1-2-16-31(22-11-12-23-24(18-22)33-26(27)30-23)17-14-19-6-8-21(9-7-19)29-25(32)13-10-20-5-3-4-15-28-20/h3-5,10,13,15,19,21-24H,2,6-9,11-12,14,16-18H2,1H3,(H2,27,30)(H,29,32)/b13-10+/t19?,21?,22-,23?,24?/m0/s1. The van der Waals surface area contributed by atoms with Crippen LogP contribution in [-0.4, -0.2) is 57.4 Å². The molecule has 2 saturated carbocycles. The number of aliphatic imine (C=N–C) groups is 1. The quantitative estimate of drug-likeness (QED) is 0.529. The number of nitrogens with one attached hydrogen (secondary N) is 1. The third kappa shape index (κ3) is 7.06. The summed E-state index contributed by atoms with van der Waals surface area (Å²) in [5.74, 6) is 0.765. The molecule has 180 valence electrons. The molecule has 2 aliphatic carbocycles. The third-order valence-electron chi connectivity index (χ3n) is 7.43. The summed E-state index contributed by atoms with van der Waals surface area (Å²) in [5.41, 5.74) is 6.79. The maximum absolute atomic E-state index is 12.3. The first-order chi connectivity index (χ1) is 16.1. The molecule has 0 bridgehead atoms. The van der Waals surface area contributed by atoms with Crippen LogP contribution in [0.2, 0.25) is 0 Å². The summed E-state index contributed by atoms with van der Waals surface area (Å²) < 4.78 is 0. The van der Waals surface area contributed by atoms with Crippen LogP contribution in [0.4, 0.5) is 0 Å². The van der Waals surface area contributed by atoms with E-state index in [9.17, 15) is 4.79 Å². The van der Waals surface area contributed by atoms with E-state index in [-0.39, 0.29) is 5.91 Å². The van der Waals surface area contributed by atoms with Crippen LogP contribution < -0.4 is 11.1 Å². The van der Waals surface area contributed by atoms with E-state index in [0.717, 1.165) is 29.6 Å². The first kappa shape index (κ1) is 24.3. The van der Waals surface area contributed by atoms with Gasteiger partial charge in [0.25, 0.3) is 0 Å². The van der Waals surface area contributed by atoms with E-state index in [4.69, 9.17) is 5.73 Å². The number of carbonyl (C=O) groups excluding carboxylic acids is 1. The normalized spacial score (nSPS) is 29.8. The van der Waals surface area contributed by atoms with Gasteiger partial charge < -0.3 is 16.0 Å². The van der Waals surface area contributed by atoms with Crippen molar-refractivity contribution in [1.29, 1.82) is 0 Å². The monoisotopic (exact) mass is 469 g/mol. The first-order valence-corrected chi connectivity index (χ1v) is 13.6. The molecular weight excluding hydrogens is 430 g/mol. The number of rotatable bonds is 9. The summed E-state index contributed by atoms with van der Waals surface area (Å²) in [5, 5.41) is 4.57. The molecule has 0 radical (unpaired) electrons. The van der Waals surface area contributed by atoms with Crippen molar-refractivity contribution in [3.05, 3.63) is 36.2 Å². The number of hydrogen-bond acceptors (Lipinski definition) is 6. The molecule has 7 heteroatoms. The Labute approximate surface area is 202 Å². The predicted octanol–water partition coefficient (Wildman–Crippen LogP) is 4.22. The molecule has 33 heavy (non-hydrogen) atoms. The predicted molar refractivity (Wildman–Crippen MR) is 138 cm³/mol. The lowest BCUT2D eigenvalue weighted by molar-refractivity contribution is -0.117. The maximum atomic E-state index is 12.3. The van der Waals surface area contributed by atoms with Gasteiger partial charge >= 0.3 is 0 Å². The fourth-order valence-corrected chi connectivity index (χ4v) is 6.82. The molecule has 0 spiro atoms. The molecule has 3 N–H and O–H groups in total. The van der Waals surface area contributed by atoms with Gasteiger partial charge in [0, 0.05) is 29.6 Å². The number of amidine groups is 1. The van der Waals surface area contributed by atoms with E-state index in [1.165, 1.54) is 58.0 Å². The van der Waals surface area contributed by atoms with Gasteiger partial charge in [-0.1, -0.05) is 24.8 Å². The Balaban J connectivity index is 1.17. The van der Waals surface area contributed by atoms with Crippen molar-refractivity contribution in [2.75, 3.05) is 13.1 Å². The summed E-state index contributed by atoms with van der Waals surface area (Å²) >= 11 is 1.80. The van der Waals surface area contributed by atoms with Gasteiger partial charge in [0.05, 0.1) is 11.7 Å². The third-order valence-corrected chi connectivity index (χ3v) is 8.59. The molecule has 0 saturated heterocycles. The van der Waals surface area contributed by atoms with E-state index in [0.29, 0.717) is 23.4 Å². The minimum atomic E-state index is -0.0109. The Morgan fingerprint density at radius 1 is 1.21 bits per heavy atom. The summed E-state index contributed by atoms with van der Waals surface area (Å²) in [6.07, 6.45) is 15.9. The van der Waals surface area contributed by atoms with Gasteiger partial charge in [-0.2, -0.15) is 0 Å². The lowest BCUT2D eigenvalue weighted by atomic mass is 9.83. The number of hydrogen-bond donors (Lipinski definition) is 2. The van der Waals surface area contributed by atoms with Crippen LogP contribution in [-0.2, 0) is 4.79 Å². The van der Waals surface area contributed by atoms with E-state index >= 15 is 0 Å².